The summed E-state index contributed by atoms with van der Waals surface area (Å²) in [5.41, 5.74) is 10.8. The van der Waals surface area contributed by atoms with Crippen molar-refractivity contribution in [1.82, 2.24) is 19.9 Å². The van der Waals surface area contributed by atoms with Gasteiger partial charge in [-0.25, -0.2) is 9.97 Å². The molecule has 0 atom stereocenters. The van der Waals surface area contributed by atoms with E-state index < -0.39 is 0 Å². The fraction of sp³-hybridized carbons (Fsp3) is 0.333. The Morgan fingerprint density at radius 3 is 2.71 bits per heavy atom. The zero-order valence-electron chi connectivity index (χ0n) is 13.9. The van der Waals surface area contributed by atoms with Crippen molar-refractivity contribution >= 4 is 22.7 Å². The molecule has 1 fully saturated rings. The highest BCUT2D eigenvalue weighted by atomic mass is 15.2. The molecule has 3 aromatic rings. The van der Waals surface area contributed by atoms with Crippen molar-refractivity contribution in [2.24, 2.45) is 0 Å². The van der Waals surface area contributed by atoms with Crippen molar-refractivity contribution in [1.29, 1.82) is 0 Å². The number of pyridine rings is 1. The first-order chi connectivity index (χ1) is 11.8. The third-order valence-corrected chi connectivity index (χ3v) is 4.62. The summed E-state index contributed by atoms with van der Waals surface area (Å²) in [6, 6.07) is 10.1. The van der Waals surface area contributed by atoms with Crippen molar-refractivity contribution < 1.29 is 0 Å². The molecular weight excluding hydrogens is 300 g/mol. The number of imidazole rings is 1. The lowest BCUT2D eigenvalue weighted by molar-refractivity contribution is 0.588. The van der Waals surface area contributed by atoms with E-state index >= 15 is 0 Å². The molecule has 0 unspecified atom stereocenters. The Morgan fingerprint density at radius 2 is 2.00 bits per heavy atom. The maximum atomic E-state index is 6.23. The smallest absolute Gasteiger partial charge is 0.207 e. The van der Waals surface area contributed by atoms with E-state index in [1.807, 2.05) is 22.8 Å². The van der Waals surface area contributed by atoms with Gasteiger partial charge in [0, 0.05) is 43.6 Å². The van der Waals surface area contributed by atoms with Crippen molar-refractivity contribution in [2.45, 2.75) is 13.3 Å². The van der Waals surface area contributed by atoms with Crippen molar-refractivity contribution in [2.75, 3.05) is 36.8 Å². The van der Waals surface area contributed by atoms with Gasteiger partial charge >= 0.3 is 0 Å². The molecule has 3 heterocycles. The molecule has 1 aliphatic heterocycles. The number of nitrogen functional groups attached to an aromatic ring is 1. The minimum atomic E-state index is 0.482. The van der Waals surface area contributed by atoms with Crippen LogP contribution in [0.5, 0.6) is 0 Å². The molecule has 0 radical (unpaired) electrons. The zero-order valence-corrected chi connectivity index (χ0v) is 13.9. The quantitative estimate of drug-likeness (QED) is 0.771. The lowest BCUT2D eigenvalue weighted by Gasteiger charge is -2.31. The van der Waals surface area contributed by atoms with Crippen molar-refractivity contribution in [3.05, 3.63) is 42.1 Å². The number of aryl methyl sites for hydroxylation is 1. The Kier molecular flexibility index (Phi) is 3.82. The van der Waals surface area contributed by atoms with E-state index in [0.29, 0.717) is 5.95 Å². The maximum Gasteiger partial charge on any atom is 0.207 e. The maximum absolute atomic E-state index is 6.23. The Bertz CT molecular complexity index is 849. The lowest BCUT2D eigenvalue weighted by atomic mass is 10.1. The predicted octanol–water partition coefficient (Wildman–Crippen LogP) is 1.97. The molecule has 6 nitrogen and oxygen atoms in total. The highest BCUT2D eigenvalue weighted by Crippen LogP contribution is 2.32. The number of benzene rings is 1. The molecule has 24 heavy (non-hydrogen) atoms. The normalized spacial score (nSPS) is 15.1. The van der Waals surface area contributed by atoms with Crippen LogP contribution in [0.15, 0.2) is 36.5 Å². The molecule has 1 aromatic carbocycles. The molecule has 124 valence electrons. The number of nitrogens with one attached hydrogen (secondary N) is 1. The zero-order chi connectivity index (χ0) is 16.5. The Balaban J connectivity index is 1.89. The van der Waals surface area contributed by atoms with E-state index in [4.69, 9.17) is 5.73 Å². The summed E-state index contributed by atoms with van der Waals surface area (Å²) in [5.74, 6) is 1.28. The van der Waals surface area contributed by atoms with Gasteiger partial charge in [-0.15, -0.1) is 0 Å². The van der Waals surface area contributed by atoms with E-state index in [1.54, 1.807) is 6.20 Å². The molecule has 0 saturated carbocycles. The van der Waals surface area contributed by atoms with Gasteiger partial charge in [0.1, 0.15) is 5.82 Å². The monoisotopic (exact) mass is 322 g/mol. The Hall–Kier alpha value is -2.60. The van der Waals surface area contributed by atoms with Crippen LogP contribution in [0.4, 0.5) is 11.6 Å². The number of rotatable bonds is 3. The summed E-state index contributed by atoms with van der Waals surface area (Å²) >= 11 is 0. The second-order valence-electron chi connectivity index (χ2n) is 6.01. The van der Waals surface area contributed by atoms with Crippen LogP contribution in [0.2, 0.25) is 0 Å². The molecule has 0 bridgehead atoms. The number of nitrogens with two attached hydrogens (primary N) is 1. The molecule has 0 amide bonds. The molecule has 1 aliphatic rings. The van der Waals surface area contributed by atoms with Gasteiger partial charge in [0.25, 0.3) is 0 Å². The van der Waals surface area contributed by atoms with E-state index in [1.165, 1.54) is 11.3 Å². The third-order valence-electron chi connectivity index (χ3n) is 4.62. The van der Waals surface area contributed by atoms with Gasteiger partial charge in [-0.1, -0.05) is 13.0 Å². The topological polar surface area (TPSA) is 72.0 Å². The van der Waals surface area contributed by atoms with Crippen LogP contribution in [0.3, 0.4) is 0 Å². The van der Waals surface area contributed by atoms with Crippen LogP contribution in [0, 0.1) is 0 Å². The van der Waals surface area contributed by atoms with Crippen LogP contribution in [-0.4, -0.2) is 40.7 Å². The summed E-state index contributed by atoms with van der Waals surface area (Å²) in [7, 11) is 0. The molecular formula is C18H22N6. The fourth-order valence-electron chi connectivity index (χ4n) is 3.48. The molecule has 4 rings (SSSR count). The SMILES string of the molecule is CCc1c(N2CCNCC2)ccc2c1nc(N)n2-c1ccccn1. The summed E-state index contributed by atoms with van der Waals surface area (Å²) < 4.78 is 1.93. The van der Waals surface area contributed by atoms with Crippen LogP contribution in [0.1, 0.15) is 12.5 Å². The second kappa shape index (κ2) is 6.13. The number of anilines is 2. The number of hydrogen-bond acceptors (Lipinski definition) is 5. The van der Waals surface area contributed by atoms with Gasteiger partial charge in [0.2, 0.25) is 5.95 Å². The third kappa shape index (κ3) is 2.39. The molecule has 0 spiro atoms. The van der Waals surface area contributed by atoms with E-state index in [-0.39, 0.29) is 0 Å². The first kappa shape index (κ1) is 15.0. The van der Waals surface area contributed by atoms with Crippen LogP contribution >= 0.6 is 0 Å². The molecule has 0 aliphatic carbocycles. The first-order valence-electron chi connectivity index (χ1n) is 8.46. The molecule has 3 N–H and O–H groups in total. The molecule has 1 saturated heterocycles. The number of hydrogen-bond donors (Lipinski definition) is 2. The summed E-state index contributed by atoms with van der Waals surface area (Å²) in [6.45, 7) is 6.26. The van der Waals surface area contributed by atoms with Crippen LogP contribution in [-0.2, 0) is 6.42 Å². The van der Waals surface area contributed by atoms with Crippen LogP contribution < -0.4 is 16.0 Å². The summed E-state index contributed by atoms with van der Waals surface area (Å²) in [4.78, 5) is 11.5. The van der Waals surface area contributed by atoms with E-state index in [9.17, 15) is 0 Å². The minimum absolute atomic E-state index is 0.482. The van der Waals surface area contributed by atoms with Gasteiger partial charge in [0.15, 0.2) is 0 Å². The largest absolute Gasteiger partial charge is 0.369 e. The van der Waals surface area contributed by atoms with Gasteiger partial charge < -0.3 is 16.0 Å². The van der Waals surface area contributed by atoms with E-state index in [2.05, 4.69) is 39.2 Å². The average Bonchev–Trinajstić information content (AvgIpc) is 2.98. The van der Waals surface area contributed by atoms with Crippen LogP contribution in [0.25, 0.3) is 16.9 Å². The number of piperazine rings is 1. The predicted molar refractivity (Wildman–Crippen MR) is 97.7 cm³/mol. The fourth-order valence-corrected chi connectivity index (χ4v) is 3.48. The van der Waals surface area contributed by atoms with Gasteiger partial charge in [-0.3, -0.25) is 4.57 Å². The van der Waals surface area contributed by atoms with Crippen molar-refractivity contribution in [3.8, 4) is 5.82 Å². The molecule has 2 aromatic heterocycles. The number of aromatic nitrogens is 3. The lowest BCUT2D eigenvalue weighted by Crippen LogP contribution is -2.43. The van der Waals surface area contributed by atoms with E-state index in [0.717, 1.165) is 49.5 Å². The Labute approximate surface area is 141 Å². The Morgan fingerprint density at radius 1 is 1.17 bits per heavy atom. The van der Waals surface area contributed by atoms with Gasteiger partial charge in [-0.05, 0) is 30.7 Å². The molecule has 6 heteroatoms. The summed E-state index contributed by atoms with van der Waals surface area (Å²) in [5, 5.41) is 3.40. The summed E-state index contributed by atoms with van der Waals surface area (Å²) in [6.07, 6.45) is 2.70. The highest BCUT2D eigenvalue weighted by molar-refractivity contribution is 5.88. The number of fused-ring (bicyclic) bond motifs is 1. The van der Waals surface area contributed by atoms with Crippen molar-refractivity contribution in [3.63, 3.8) is 0 Å². The van der Waals surface area contributed by atoms with Gasteiger partial charge in [0.05, 0.1) is 11.0 Å². The average molecular weight is 322 g/mol. The minimum Gasteiger partial charge on any atom is -0.369 e. The standard InChI is InChI=1S/C18H22N6/c1-2-13-14(23-11-9-20-10-12-23)6-7-15-17(13)22-18(19)24(15)16-5-3-4-8-21-16/h3-8,20H,2,9-12H2,1H3,(H2,19,22). The highest BCUT2D eigenvalue weighted by Gasteiger charge is 2.19. The first-order valence-corrected chi connectivity index (χ1v) is 8.46. The van der Waals surface area contributed by atoms with Gasteiger partial charge in [-0.2, -0.15) is 0 Å². The second-order valence-corrected chi connectivity index (χ2v) is 6.01. The number of nitrogens with zero attached hydrogens (tertiary/aromatic N) is 4.